The van der Waals surface area contributed by atoms with Crippen molar-refractivity contribution in [3.8, 4) is 0 Å². The van der Waals surface area contributed by atoms with Crippen LogP contribution in [0.3, 0.4) is 0 Å². The molecule has 0 radical (unpaired) electrons. The van der Waals surface area contributed by atoms with Gasteiger partial charge in [0.1, 0.15) is 8.66 Å². The lowest BCUT2D eigenvalue weighted by Gasteiger charge is -2.41. The van der Waals surface area contributed by atoms with Crippen LogP contribution in [0.1, 0.15) is 4.88 Å². The fraction of sp³-hybridized carbons (Fsp3) is 0.636. The van der Waals surface area contributed by atoms with Gasteiger partial charge in [-0.3, -0.25) is 0 Å². The predicted molar refractivity (Wildman–Crippen MR) is 67.7 cm³/mol. The second-order valence-electron chi connectivity index (χ2n) is 5.32. The zero-order valence-electron chi connectivity index (χ0n) is 12.8. The summed E-state index contributed by atoms with van der Waals surface area (Å²) in [6.07, 6.45) is -7.69. The second-order valence-corrected chi connectivity index (χ2v) is 7.66. The van der Waals surface area contributed by atoms with E-state index in [1.165, 1.54) is 0 Å². The molecule has 0 aliphatic carbocycles. The van der Waals surface area contributed by atoms with Crippen molar-refractivity contribution in [2.24, 2.45) is 0 Å². The zero-order chi connectivity index (χ0) is 24.5. The maximum atomic E-state index is 13.9. The maximum absolute atomic E-state index is 13.9. The van der Waals surface area contributed by atoms with Gasteiger partial charge < -0.3 is 5.11 Å². The van der Waals surface area contributed by atoms with Crippen LogP contribution in [0.15, 0.2) is 3.79 Å². The molecular weight excluding hydrogens is 564 g/mol. The summed E-state index contributed by atoms with van der Waals surface area (Å²) in [5.74, 6) is -52.5. The van der Waals surface area contributed by atoms with Gasteiger partial charge in [0.2, 0.25) is 0 Å². The summed E-state index contributed by atoms with van der Waals surface area (Å²) in [6.45, 7) is 0. The van der Waals surface area contributed by atoms with Gasteiger partial charge in [0, 0.05) is 0 Å². The largest absolute Gasteiger partial charge is 0.460 e. The van der Waals surface area contributed by atoms with Crippen LogP contribution < -0.4 is 0 Å². The molecule has 1 N–H and O–H groups in total. The van der Waals surface area contributed by atoms with E-state index in [1.807, 2.05) is 15.9 Å². The van der Waals surface area contributed by atoms with Gasteiger partial charge in [0.25, 0.3) is 0 Å². The van der Waals surface area contributed by atoms with Gasteiger partial charge in [0.05, 0.1) is 0 Å². The molecule has 1 aromatic rings. The number of thiophene rings is 1. The molecule has 0 aliphatic rings. The molecule has 30 heavy (non-hydrogen) atoms. The Hall–Kier alpha value is -0.980. The Morgan fingerprint density at radius 3 is 1.20 bits per heavy atom. The molecular formula is C11HBrF16OS. The van der Waals surface area contributed by atoms with E-state index in [0.717, 1.165) is 0 Å². The van der Waals surface area contributed by atoms with Crippen molar-refractivity contribution in [3.63, 3.8) is 0 Å². The van der Waals surface area contributed by atoms with Crippen LogP contribution in [-0.4, -0.2) is 40.9 Å². The molecule has 19 heteroatoms. The van der Waals surface area contributed by atoms with E-state index >= 15 is 0 Å². The van der Waals surface area contributed by atoms with Gasteiger partial charge in [-0.2, -0.15) is 61.5 Å². The quantitative estimate of drug-likeness (QED) is 0.384. The Kier molecular flexibility index (Phi) is 6.32. The Labute approximate surface area is 165 Å². The fourth-order valence-corrected chi connectivity index (χ4v) is 3.16. The van der Waals surface area contributed by atoms with Gasteiger partial charge in [-0.05, 0) is 15.9 Å². The number of alkyl halides is 14. The van der Waals surface area contributed by atoms with Crippen LogP contribution in [0.4, 0.5) is 70.2 Å². The number of rotatable bonds is 6. The fourth-order valence-electron chi connectivity index (χ4n) is 1.70. The van der Waals surface area contributed by atoms with E-state index in [1.54, 1.807) is 0 Å². The number of hydrogen-bond acceptors (Lipinski definition) is 2. The van der Waals surface area contributed by atoms with Crippen molar-refractivity contribution in [3.05, 3.63) is 20.3 Å². The lowest BCUT2D eigenvalue weighted by molar-refractivity contribution is -0.458. The molecule has 1 nitrogen and oxygen atoms in total. The van der Waals surface area contributed by atoms with Crippen LogP contribution in [0.5, 0.6) is 0 Å². The summed E-state index contributed by atoms with van der Waals surface area (Å²) < 4.78 is 207. The highest BCUT2D eigenvalue weighted by Gasteiger charge is 2.93. The van der Waals surface area contributed by atoms with E-state index in [2.05, 4.69) is 0 Å². The molecule has 0 bridgehead atoms. The minimum Gasteiger partial charge on any atom is -0.353 e. The average molecular weight is 565 g/mol. The van der Waals surface area contributed by atoms with E-state index in [-0.39, 0.29) is 0 Å². The lowest BCUT2D eigenvalue weighted by atomic mass is 9.90. The van der Waals surface area contributed by atoms with E-state index in [9.17, 15) is 70.2 Å². The first-order chi connectivity index (χ1) is 12.8. The molecule has 0 saturated carbocycles. The predicted octanol–water partition coefficient (Wildman–Crippen LogP) is 6.64. The van der Waals surface area contributed by atoms with E-state index < -0.39 is 73.3 Å². The van der Waals surface area contributed by atoms with Crippen molar-refractivity contribution in [2.75, 3.05) is 0 Å². The molecule has 176 valence electrons. The van der Waals surface area contributed by atoms with E-state index in [0.29, 0.717) is 0 Å². The van der Waals surface area contributed by atoms with Gasteiger partial charge >= 0.3 is 41.6 Å². The standard InChI is InChI=1S/C11HBrF16OS/c12-4-2(14)1(13)3(30-4)5(15,29)6(16,17)7(18,19)8(20,21)9(22,23)10(24,25)11(26,27)28/h29H. The van der Waals surface area contributed by atoms with Crippen LogP contribution >= 0.6 is 27.3 Å². The lowest BCUT2D eigenvalue weighted by Crippen LogP contribution is -2.72. The normalized spacial score (nSPS) is 17.3. The average Bonchev–Trinajstić information content (AvgIpc) is 2.80. The van der Waals surface area contributed by atoms with Gasteiger partial charge in [-0.25, -0.2) is 8.78 Å². The van der Waals surface area contributed by atoms with Gasteiger partial charge in [-0.1, -0.05) is 0 Å². The summed E-state index contributed by atoms with van der Waals surface area (Å²) in [6, 6.07) is 0. The second kappa shape index (κ2) is 7.01. The van der Waals surface area contributed by atoms with Crippen molar-refractivity contribution >= 4 is 27.3 Å². The number of halogens is 17. The van der Waals surface area contributed by atoms with E-state index in [4.69, 9.17) is 5.11 Å². The minimum absolute atomic E-state index is 1.01. The topological polar surface area (TPSA) is 20.2 Å². The van der Waals surface area contributed by atoms with Gasteiger partial charge in [0.15, 0.2) is 11.6 Å². The molecule has 1 atom stereocenters. The monoisotopic (exact) mass is 564 g/mol. The zero-order valence-corrected chi connectivity index (χ0v) is 15.2. The summed E-state index contributed by atoms with van der Waals surface area (Å²) in [5.41, 5.74) is 0. The number of aliphatic hydroxyl groups is 1. The first-order valence-corrected chi connectivity index (χ1v) is 7.95. The molecule has 0 aliphatic heterocycles. The highest BCUT2D eigenvalue weighted by atomic mass is 79.9. The first kappa shape index (κ1) is 27.1. The molecule has 0 spiro atoms. The van der Waals surface area contributed by atoms with Crippen molar-refractivity contribution in [1.82, 2.24) is 0 Å². The third-order valence-electron chi connectivity index (χ3n) is 3.41. The molecule has 1 heterocycles. The molecule has 0 fully saturated rings. The van der Waals surface area contributed by atoms with Crippen LogP contribution in [0.25, 0.3) is 0 Å². The van der Waals surface area contributed by atoms with Crippen LogP contribution in [-0.2, 0) is 5.85 Å². The third kappa shape index (κ3) is 3.25. The number of hydrogen-bond donors (Lipinski definition) is 1. The van der Waals surface area contributed by atoms with Crippen LogP contribution in [0, 0.1) is 11.6 Å². The highest BCUT2D eigenvalue weighted by Crippen LogP contribution is 2.63. The summed E-state index contributed by atoms with van der Waals surface area (Å²) in [7, 11) is 0. The Morgan fingerprint density at radius 2 is 0.900 bits per heavy atom. The molecule has 0 amide bonds. The molecule has 1 unspecified atom stereocenters. The summed E-state index contributed by atoms with van der Waals surface area (Å²) in [4.78, 5) is -2.85. The SMILES string of the molecule is OC(F)(c1sc(Br)c(F)c1F)C(F)(F)C(F)(F)C(F)(F)C(F)(F)C(F)(F)C(F)(F)F. The third-order valence-corrected chi connectivity index (χ3v) is 5.25. The maximum Gasteiger partial charge on any atom is 0.460 e. The summed E-state index contributed by atoms with van der Waals surface area (Å²) >= 11 is 0.983. The highest BCUT2D eigenvalue weighted by molar-refractivity contribution is 9.11. The Bertz CT molecular complexity index is 809. The van der Waals surface area contributed by atoms with Crippen molar-refractivity contribution in [1.29, 1.82) is 0 Å². The summed E-state index contributed by atoms with van der Waals surface area (Å²) in [5, 5.41) is 8.86. The van der Waals surface area contributed by atoms with Gasteiger partial charge in [-0.15, -0.1) is 11.3 Å². The Morgan fingerprint density at radius 1 is 0.567 bits per heavy atom. The first-order valence-electron chi connectivity index (χ1n) is 6.34. The van der Waals surface area contributed by atoms with Crippen LogP contribution in [0.2, 0.25) is 0 Å². The molecule has 1 aromatic heterocycles. The molecule has 1 rings (SSSR count). The minimum atomic E-state index is -8.41. The smallest absolute Gasteiger partial charge is 0.353 e. The Balaban J connectivity index is 3.72. The molecule has 0 saturated heterocycles. The molecule has 0 aromatic carbocycles. The van der Waals surface area contributed by atoms with Crippen molar-refractivity contribution < 1.29 is 75.4 Å². The van der Waals surface area contributed by atoms with Crippen molar-refractivity contribution in [2.45, 2.75) is 41.6 Å².